The molecule has 0 fully saturated rings. The Morgan fingerprint density at radius 1 is 1.06 bits per heavy atom. The topological polar surface area (TPSA) is 80.2 Å². The van der Waals surface area contributed by atoms with Crippen LogP contribution in [0.2, 0.25) is 10.0 Å². The van der Waals surface area contributed by atoms with Gasteiger partial charge < -0.3 is 9.84 Å². The Balaban J connectivity index is 1.28. The van der Waals surface area contributed by atoms with Crippen LogP contribution in [0.15, 0.2) is 71.5 Å². The molecule has 1 aromatic heterocycles. The van der Waals surface area contributed by atoms with Crippen molar-refractivity contribution in [2.24, 2.45) is 0 Å². The molecule has 4 aromatic rings. The number of imidazole rings is 1. The van der Waals surface area contributed by atoms with Crippen molar-refractivity contribution in [3.63, 3.8) is 0 Å². The fourth-order valence-electron chi connectivity index (χ4n) is 4.29. The van der Waals surface area contributed by atoms with Gasteiger partial charge in [-0.1, -0.05) is 65.7 Å². The maximum atomic E-state index is 13.0. The SMILES string of the molecule is N#Cc1ccccc1-c1ccc(CO[C@H]2Cc3c(O)n(-c4cc(Cl)cc(Cl)c4)c(=O)n3C2)cc1. The molecule has 0 saturated carbocycles. The fourth-order valence-corrected chi connectivity index (χ4v) is 4.80. The number of rotatable bonds is 5. The van der Waals surface area contributed by atoms with Crippen molar-refractivity contribution in [3.05, 3.63) is 104 Å². The van der Waals surface area contributed by atoms with Crippen molar-refractivity contribution in [1.29, 1.82) is 5.26 Å². The molecule has 1 aliphatic rings. The van der Waals surface area contributed by atoms with E-state index in [1.165, 1.54) is 9.13 Å². The molecule has 0 amide bonds. The molecule has 0 radical (unpaired) electrons. The number of aromatic nitrogens is 2. The molecule has 1 N–H and O–H groups in total. The summed E-state index contributed by atoms with van der Waals surface area (Å²) in [6, 6.07) is 22.3. The molecule has 0 spiro atoms. The van der Waals surface area contributed by atoms with Crippen LogP contribution < -0.4 is 5.69 Å². The zero-order chi connectivity index (χ0) is 23.8. The van der Waals surface area contributed by atoms with Crippen LogP contribution in [0, 0.1) is 11.3 Å². The third kappa shape index (κ3) is 4.10. The smallest absolute Gasteiger partial charge is 0.336 e. The summed E-state index contributed by atoms with van der Waals surface area (Å²) in [5.41, 5.74) is 4.03. The summed E-state index contributed by atoms with van der Waals surface area (Å²) in [6.45, 7) is 0.713. The zero-order valence-corrected chi connectivity index (χ0v) is 19.4. The molecule has 0 bridgehead atoms. The lowest BCUT2D eigenvalue weighted by Gasteiger charge is -2.13. The van der Waals surface area contributed by atoms with Gasteiger partial charge in [-0.05, 0) is 41.0 Å². The van der Waals surface area contributed by atoms with Gasteiger partial charge in [0.1, 0.15) is 0 Å². The van der Waals surface area contributed by atoms with Crippen molar-refractivity contribution < 1.29 is 9.84 Å². The Morgan fingerprint density at radius 2 is 1.76 bits per heavy atom. The molecular formula is C26H19Cl2N3O3. The van der Waals surface area contributed by atoms with E-state index in [9.17, 15) is 15.2 Å². The molecule has 8 heteroatoms. The van der Waals surface area contributed by atoms with Gasteiger partial charge in [-0.25, -0.2) is 9.36 Å². The monoisotopic (exact) mass is 491 g/mol. The third-order valence-corrected chi connectivity index (χ3v) is 6.37. The van der Waals surface area contributed by atoms with Gasteiger partial charge >= 0.3 is 5.69 Å². The second kappa shape index (κ2) is 9.03. The van der Waals surface area contributed by atoms with Gasteiger partial charge in [-0.3, -0.25) is 4.57 Å². The highest BCUT2D eigenvalue weighted by atomic mass is 35.5. The lowest BCUT2D eigenvalue weighted by molar-refractivity contribution is 0.0409. The number of aromatic hydroxyl groups is 1. The first kappa shape index (κ1) is 22.3. The quantitative estimate of drug-likeness (QED) is 0.409. The zero-order valence-electron chi connectivity index (χ0n) is 17.9. The van der Waals surface area contributed by atoms with E-state index in [0.717, 1.165) is 16.7 Å². The van der Waals surface area contributed by atoms with Gasteiger partial charge in [-0.2, -0.15) is 5.26 Å². The van der Waals surface area contributed by atoms with Crippen LogP contribution in [0.1, 0.15) is 16.8 Å². The predicted molar refractivity (Wildman–Crippen MR) is 131 cm³/mol. The lowest BCUT2D eigenvalue weighted by atomic mass is 9.99. The standard InChI is InChI=1S/C26H19Cl2N3O3/c27-19-9-20(28)11-21(10-19)31-25(32)24-12-22(14-30(24)26(31)33)34-15-16-5-7-17(8-6-16)23-4-2-1-3-18(23)13-29/h1-11,22,32H,12,14-15H2/t22-/m0/s1. The summed E-state index contributed by atoms with van der Waals surface area (Å²) in [7, 11) is 0. The van der Waals surface area contributed by atoms with Crippen LogP contribution in [-0.2, 0) is 24.3 Å². The first-order valence-electron chi connectivity index (χ1n) is 10.6. The lowest BCUT2D eigenvalue weighted by Crippen LogP contribution is -2.26. The molecule has 5 rings (SSSR count). The van der Waals surface area contributed by atoms with E-state index in [-0.39, 0.29) is 17.7 Å². The number of hydrogen-bond acceptors (Lipinski definition) is 4. The average molecular weight is 492 g/mol. The van der Waals surface area contributed by atoms with Crippen LogP contribution in [0.4, 0.5) is 0 Å². The first-order valence-corrected chi connectivity index (χ1v) is 11.4. The van der Waals surface area contributed by atoms with Gasteiger partial charge in [0.2, 0.25) is 5.88 Å². The Hall–Kier alpha value is -3.50. The Labute approximate surface area is 205 Å². The minimum atomic E-state index is -0.363. The normalized spacial score (nSPS) is 14.7. The highest BCUT2D eigenvalue weighted by molar-refractivity contribution is 6.34. The molecular weight excluding hydrogens is 473 g/mol. The molecule has 6 nitrogen and oxygen atoms in total. The van der Waals surface area contributed by atoms with E-state index < -0.39 is 0 Å². The molecule has 1 atom stereocenters. The van der Waals surface area contributed by atoms with Crippen LogP contribution in [0.3, 0.4) is 0 Å². The summed E-state index contributed by atoms with van der Waals surface area (Å²) in [5, 5.41) is 20.8. The highest BCUT2D eigenvalue weighted by Gasteiger charge is 2.31. The Morgan fingerprint density at radius 3 is 2.44 bits per heavy atom. The van der Waals surface area contributed by atoms with Gasteiger partial charge in [0, 0.05) is 16.5 Å². The molecule has 1 aliphatic heterocycles. The summed E-state index contributed by atoms with van der Waals surface area (Å²) < 4.78 is 8.77. The van der Waals surface area contributed by atoms with Gasteiger partial charge in [0.05, 0.1) is 42.3 Å². The molecule has 34 heavy (non-hydrogen) atoms. The second-order valence-corrected chi connectivity index (χ2v) is 8.99. The van der Waals surface area contributed by atoms with Gasteiger partial charge in [-0.15, -0.1) is 0 Å². The summed E-state index contributed by atoms with van der Waals surface area (Å²) >= 11 is 12.1. The van der Waals surface area contributed by atoms with Crippen LogP contribution in [0.5, 0.6) is 5.88 Å². The minimum Gasteiger partial charge on any atom is -0.493 e. The third-order valence-electron chi connectivity index (χ3n) is 5.93. The van der Waals surface area contributed by atoms with E-state index in [1.807, 2.05) is 42.5 Å². The number of nitriles is 1. The number of halogens is 2. The minimum absolute atomic E-state index is 0.130. The number of nitrogens with zero attached hydrogens (tertiary/aromatic N) is 3. The van der Waals surface area contributed by atoms with E-state index in [1.54, 1.807) is 24.3 Å². The molecule has 0 aliphatic carbocycles. The van der Waals surface area contributed by atoms with E-state index in [0.29, 0.717) is 46.6 Å². The van der Waals surface area contributed by atoms with Crippen molar-refractivity contribution >= 4 is 23.2 Å². The number of hydrogen-bond donors (Lipinski definition) is 1. The predicted octanol–water partition coefficient (Wildman–Crippen LogP) is 5.33. The number of benzene rings is 3. The van der Waals surface area contributed by atoms with Crippen molar-refractivity contribution in [2.45, 2.75) is 25.7 Å². The molecule has 170 valence electrons. The maximum Gasteiger partial charge on any atom is 0.336 e. The highest BCUT2D eigenvalue weighted by Crippen LogP contribution is 2.30. The maximum absolute atomic E-state index is 13.0. The largest absolute Gasteiger partial charge is 0.493 e. The first-order chi connectivity index (χ1) is 16.4. The molecule has 0 unspecified atom stereocenters. The Bertz CT molecular complexity index is 1460. The van der Waals surface area contributed by atoms with E-state index in [2.05, 4.69) is 6.07 Å². The number of fused-ring (bicyclic) bond motifs is 1. The second-order valence-electron chi connectivity index (χ2n) is 8.12. The van der Waals surface area contributed by atoms with Crippen LogP contribution in [0.25, 0.3) is 16.8 Å². The summed E-state index contributed by atoms with van der Waals surface area (Å²) in [4.78, 5) is 13.0. The Kier molecular flexibility index (Phi) is 5.93. The van der Waals surface area contributed by atoms with Crippen LogP contribution in [-0.4, -0.2) is 20.3 Å². The summed E-state index contributed by atoms with van der Waals surface area (Å²) in [5.74, 6) is -0.130. The fraction of sp³-hybridized carbons (Fsp3) is 0.154. The number of ether oxygens (including phenoxy) is 1. The van der Waals surface area contributed by atoms with Gasteiger partial charge in [0.25, 0.3) is 0 Å². The summed E-state index contributed by atoms with van der Waals surface area (Å²) in [6.07, 6.45) is 0.181. The van der Waals surface area contributed by atoms with E-state index in [4.69, 9.17) is 27.9 Å². The molecule has 2 heterocycles. The van der Waals surface area contributed by atoms with Crippen molar-refractivity contribution in [2.75, 3.05) is 0 Å². The molecule has 3 aromatic carbocycles. The van der Waals surface area contributed by atoms with E-state index >= 15 is 0 Å². The molecule has 0 saturated heterocycles. The van der Waals surface area contributed by atoms with Gasteiger partial charge in [0.15, 0.2) is 0 Å². The van der Waals surface area contributed by atoms with Crippen molar-refractivity contribution in [1.82, 2.24) is 9.13 Å². The van der Waals surface area contributed by atoms with Crippen LogP contribution >= 0.6 is 23.2 Å². The van der Waals surface area contributed by atoms with Crippen molar-refractivity contribution in [3.8, 4) is 28.8 Å². The average Bonchev–Trinajstić information content (AvgIpc) is 3.36.